The van der Waals surface area contributed by atoms with Crippen molar-refractivity contribution in [3.8, 4) is 0 Å². The van der Waals surface area contributed by atoms with Crippen LogP contribution in [0.25, 0.3) is 0 Å². The lowest BCUT2D eigenvalue weighted by molar-refractivity contribution is -0.147. The summed E-state index contributed by atoms with van der Waals surface area (Å²) in [6.07, 6.45) is 12.4. The molecule has 1 aliphatic carbocycles. The highest BCUT2D eigenvalue weighted by Crippen LogP contribution is 2.36. The molecule has 0 bridgehead atoms. The van der Waals surface area contributed by atoms with Gasteiger partial charge in [-0.3, -0.25) is 25.3 Å². The summed E-state index contributed by atoms with van der Waals surface area (Å²) < 4.78 is 11.7. The summed E-state index contributed by atoms with van der Waals surface area (Å²) in [5, 5.41) is 0.695. The maximum absolute atomic E-state index is 12.6. The van der Waals surface area contributed by atoms with Gasteiger partial charge in [-0.05, 0) is 51.5 Å². The van der Waals surface area contributed by atoms with Gasteiger partial charge in [-0.15, -0.1) is 0 Å². The second-order valence-corrected chi connectivity index (χ2v) is 9.79. The Kier molecular flexibility index (Phi) is 10.1. The van der Waals surface area contributed by atoms with Gasteiger partial charge in [-0.2, -0.15) is 0 Å². The number of halogens is 1. The largest absolute Gasteiger partial charge is 0.446 e. The number of nitrogens with one attached hydrogen (secondary N) is 2. The Bertz CT molecular complexity index is 949. The Morgan fingerprint density at radius 2 is 2.00 bits per heavy atom. The van der Waals surface area contributed by atoms with Crippen LogP contribution >= 0.6 is 11.6 Å². The monoisotopic (exact) mass is 504 g/mol. The SMILES string of the molecule is C=C(/C=C\C(Cl)=C/CC)C[C@H]1CO[C@@H](C(=O)NNC(C)=O)CN1C1CCC(c2ncc(C)o2)CC1. The molecule has 0 aromatic carbocycles. The average molecular weight is 505 g/mol. The fourth-order valence-electron chi connectivity index (χ4n) is 4.77. The molecule has 2 atom stereocenters. The molecular weight excluding hydrogens is 468 g/mol. The smallest absolute Gasteiger partial charge is 0.268 e. The minimum Gasteiger partial charge on any atom is -0.446 e. The Morgan fingerprint density at radius 3 is 2.63 bits per heavy atom. The van der Waals surface area contributed by atoms with E-state index in [1.165, 1.54) is 6.92 Å². The molecule has 0 spiro atoms. The van der Waals surface area contributed by atoms with E-state index in [4.69, 9.17) is 20.8 Å². The predicted octanol–water partition coefficient (Wildman–Crippen LogP) is 4.28. The van der Waals surface area contributed by atoms with Gasteiger partial charge < -0.3 is 9.15 Å². The fraction of sp³-hybridized carbons (Fsp3) is 0.577. The highest BCUT2D eigenvalue weighted by molar-refractivity contribution is 6.31. The average Bonchev–Trinajstić information content (AvgIpc) is 3.28. The predicted molar refractivity (Wildman–Crippen MR) is 136 cm³/mol. The molecule has 1 aromatic rings. The van der Waals surface area contributed by atoms with Crippen molar-refractivity contribution in [2.75, 3.05) is 13.2 Å². The van der Waals surface area contributed by atoms with Gasteiger partial charge in [0.05, 0.1) is 12.8 Å². The highest BCUT2D eigenvalue weighted by atomic mass is 35.5. The number of aryl methyl sites for hydroxylation is 1. The zero-order chi connectivity index (χ0) is 25.4. The number of hydrazine groups is 1. The molecular formula is C26H37ClN4O4. The third-order valence-electron chi connectivity index (χ3n) is 6.52. The molecule has 2 fully saturated rings. The van der Waals surface area contributed by atoms with Gasteiger partial charge in [0, 0.05) is 36.5 Å². The zero-order valence-electron chi connectivity index (χ0n) is 20.9. The Hall–Kier alpha value is -2.42. The number of rotatable bonds is 8. The summed E-state index contributed by atoms with van der Waals surface area (Å²) in [7, 11) is 0. The van der Waals surface area contributed by atoms with Crippen LogP contribution in [-0.4, -0.2) is 53.0 Å². The number of carbonyl (C=O) groups is 2. The molecule has 1 saturated heterocycles. The summed E-state index contributed by atoms with van der Waals surface area (Å²) in [6.45, 7) is 10.4. The number of morpholine rings is 1. The van der Waals surface area contributed by atoms with E-state index in [0.717, 1.165) is 49.3 Å². The van der Waals surface area contributed by atoms with E-state index in [0.29, 0.717) is 36.6 Å². The third-order valence-corrected chi connectivity index (χ3v) is 6.80. The van der Waals surface area contributed by atoms with Crippen LogP contribution in [-0.2, 0) is 14.3 Å². The van der Waals surface area contributed by atoms with Gasteiger partial charge in [0.2, 0.25) is 5.91 Å². The normalized spacial score (nSPS) is 26.0. The van der Waals surface area contributed by atoms with Crippen molar-refractivity contribution in [2.45, 2.75) is 83.4 Å². The van der Waals surface area contributed by atoms with Crippen LogP contribution in [0.5, 0.6) is 0 Å². The minimum atomic E-state index is -0.657. The zero-order valence-corrected chi connectivity index (χ0v) is 21.6. The van der Waals surface area contributed by atoms with E-state index in [-0.39, 0.29) is 17.9 Å². The topological polar surface area (TPSA) is 96.7 Å². The van der Waals surface area contributed by atoms with Crippen LogP contribution in [0.15, 0.2) is 46.0 Å². The van der Waals surface area contributed by atoms with Crippen molar-refractivity contribution in [2.24, 2.45) is 0 Å². The van der Waals surface area contributed by atoms with Gasteiger partial charge in [0.25, 0.3) is 5.91 Å². The number of oxazole rings is 1. The fourth-order valence-corrected chi connectivity index (χ4v) is 4.99. The maximum Gasteiger partial charge on any atom is 0.268 e. The van der Waals surface area contributed by atoms with Gasteiger partial charge in [0.1, 0.15) is 5.76 Å². The molecule has 1 saturated carbocycles. The first-order chi connectivity index (χ1) is 16.8. The van der Waals surface area contributed by atoms with Gasteiger partial charge >= 0.3 is 0 Å². The Balaban J connectivity index is 1.67. The van der Waals surface area contributed by atoms with E-state index >= 15 is 0 Å². The first-order valence-electron chi connectivity index (χ1n) is 12.3. The van der Waals surface area contributed by atoms with Gasteiger partial charge in [-0.1, -0.05) is 42.8 Å². The molecule has 1 aromatic heterocycles. The molecule has 9 heteroatoms. The van der Waals surface area contributed by atoms with E-state index in [9.17, 15) is 9.59 Å². The molecule has 2 heterocycles. The summed E-state index contributed by atoms with van der Waals surface area (Å²) >= 11 is 6.20. The third kappa shape index (κ3) is 8.05. The van der Waals surface area contributed by atoms with Gasteiger partial charge in [-0.25, -0.2) is 4.98 Å². The van der Waals surface area contributed by atoms with Crippen molar-refractivity contribution in [1.29, 1.82) is 0 Å². The number of hydrogen-bond acceptors (Lipinski definition) is 6. The van der Waals surface area contributed by atoms with Crippen molar-refractivity contribution in [3.63, 3.8) is 0 Å². The van der Waals surface area contributed by atoms with Gasteiger partial charge in [0.15, 0.2) is 12.0 Å². The van der Waals surface area contributed by atoms with E-state index in [1.54, 1.807) is 6.20 Å². The number of allylic oxidation sites excluding steroid dienone is 4. The molecule has 3 rings (SSSR count). The van der Waals surface area contributed by atoms with Crippen LogP contribution in [0.1, 0.15) is 69.9 Å². The lowest BCUT2D eigenvalue weighted by Gasteiger charge is -2.45. The van der Waals surface area contributed by atoms with E-state index in [1.807, 2.05) is 32.1 Å². The summed E-state index contributed by atoms with van der Waals surface area (Å²) in [5.41, 5.74) is 5.75. The lowest BCUT2D eigenvalue weighted by Crippen LogP contribution is -2.59. The second kappa shape index (κ2) is 13.0. The van der Waals surface area contributed by atoms with Crippen molar-refractivity contribution >= 4 is 23.4 Å². The van der Waals surface area contributed by atoms with Crippen LogP contribution in [0.2, 0.25) is 0 Å². The number of amides is 2. The maximum atomic E-state index is 12.6. The van der Waals surface area contributed by atoms with Crippen LogP contribution in [0.4, 0.5) is 0 Å². The highest BCUT2D eigenvalue weighted by Gasteiger charge is 2.38. The van der Waals surface area contributed by atoms with E-state index < -0.39 is 6.10 Å². The molecule has 35 heavy (non-hydrogen) atoms. The number of nitrogens with zero attached hydrogens (tertiary/aromatic N) is 2. The molecule has 0 unspecified atom stereocenters. The van der Waals surface area contributed by atoms with Crippen molar-refractivity contribution in [1.82, 2.24) is 20.7 Å². The Morgan fingerprint density at radius 1 is 1.26 bits per heavy atom. The van der Waals surface area contributed by atoms with Crippen molar-refractivity contribution < 1.29 is 18.7 Å². The van der Waals surface area contributed by atoms with Crippen LogP contribution in [0, 0.1) is 6.92 Å². The number of carbonyl (C=O) groups excluding carboxylic acids is 2. The standard InChI is InChI=1S/C26H37ClN4O4/c1-5-6-21(27)10-7-17(2)13-23-16-34-24(25(33)30-29-19(4)32)15-31(23)22-11-8-20(9-12-22)26-28-14-18(3)35-26/h6-7,10,14,20,22-24H,2,5,8-9,11-13,15-16H2,1,3-4H3,(H,29,32)(H,30,33)/b10-7-,21-6+/t20?,22?,23-,24+/m0/s1. The van der Waals surface area contributed by atoms with Crippen molar-refractivity contribution in [3.05, 3.63) is 53.3 Å². The molecule has 1 aliphatic heterocycles. The van der Waals surface area contributed by atoms with Crippen LogP contribution in [0.3, 0.4) is 0 Å². The summed E-state index contributed by atoms with van der Waals surface area (Å²) in [5.74, 6) is 1.31. The van der Waals surface area contributed by atoms with Crippen LogP contribution < -0.4 is 10.9 Å². The van der Waals surface area contributed by atoms with E-state index in [2.05, 4.69) is 27.3 Å². The molecule has 2 N–H and O–H groups in total. The number of ether oxygens (including phenoxy) is 1. The molecule has 8 nitrogen and oxygen atoms in total. The lowest BCUT2D eigenvalue weighted by atomic mass is 9.84. The molecule has 2 aliphatic rings. The first kappa shape index (κ1) is 27.2. The molecule has 2 amide bonds. The summed E-state index contributed by atoms with van der Waals surface area (Å²) in [6, 6.07) is 0.407. The second-order valence-electron chi connectivity index (χ2n) is 9.35. The number of aromatic nitrogens is 1. The molecule has 192 valence electrons. The minimum absolute atomic E-state index is 0.0939. The Labute approximate surface area is 212 Å². The number of hydrogen-bond donors (Lipinski definition) is 2. The quantitative estimate of drug-likeness (QED) is 0.405. The molecule has 0 radical (unpaired) electrons. The first-order valence-corrected chi connectivity index (χ1v) is 12.7. The summed E-state index contributed by atoms with van der Waals surface area (Å²) in [4.78, 5) is 30.6.